The van der Waals surface area contributed by atoms with E-state index in [2.05, 4.69) is 31.8 Å². The van der Waals surface area contributed by atoms with Gasteiger partial charge in [-0.25, -0.2) is 0 Å². The summed E-state index contributed by atoms with van der Waals surface area (Å²) in [6.45, 7) is 10.8. The van der Waals surface area contributed by atoms with Crippen LogP contribution in [0.25, 0.3) is 5.70 Å². The first kappa shape index (κ1) is 17.5. The third-order valence-corrected chi connectivity index (χ3v) is 4.06. The minimum atomic E-state index is 0.292. The van der Waals surface area contributed by atoms with Crippen LogP contribution in [0.2, 0.25) is 0 Å². The molecule has 1 aromatic heterocycles. The molecule has 0 spiro atoms. The van der Waals surface area contributed by atoms with Gasteiger partial charge >= 0.3 is 0 Å². The van der Waals surface area contributed by atoms with Crippen LogP contribution in [0.15, 0.2) is 12.1 Å². The average molecular weight is 303 g/mol. The second kappa shape index (κ2) is 6.91. The zero-order valence-corrected chi connectivity index (χ0v) is 14.4. The topological polar surface area (TPSA) is 65.6 Å². The Hall–Kier alpha value is -1.60. The lowest BCUT2D eigenvalue weighted by Crippen LogP contribution is -2.26. The Kier molecular flexibility index (Phi) is 5.74. The molecule has 4 heteroatoms. The standard InChI is InChI=1S/C15H19N3S.C2H6/c1-9-7-15(2,3)8-13-10(9)6-11(14(19)18-13)12(17)4-5-16;1-2/h4,6,9H,7-8,17H2,1-3H3,(H,18,19);1-2H3/b12-4-;. The molecule has 1 atom stereocenters. The smallest absolute Gasteiger partial charge is 0.112 e. The second-order valence-corrected chi connectivity index (χ2v) is 6.53. The summed E-state index contributed by atoms with van der Waals surface area (Å²) >= 11 is 5.36. The summed E-state index contributed by atoms with van der Waals surface area (Å²) in [5.41, 5.74) is 9.87. The van der Waals surface area contributed by atoms with Crippen LogP contribution in [0.5, 0.6) is 0 Å². The molecule has 0 bridgehead atoms. The number of nitrogens with zero attached hydrogens (tertiary/aromatic N) is 1. The van der Waals surface area contributed by atoms with Gasteiger partial charge in [-0.15, -0.1) is 0 Å². The molecule has 1 unspecified atom stereocenters. The van der Waals surface area contributed by atoms with Gasteiger partial charge in [-0.05, 0) is 35.8 Å². The number of rotatable bonds is 1. The van der Waals surface area contributed by atoms with Gasteiger partial charge in [-0.3, -0.25) is 0 Å². The van der Waals surface area contributed by atoms with E-state index in [-0.39, 0.29) is 0 Å². The van der Waals surface area contributed by atoms with E-state index in [1.165, 1.54) is 17.3 Å². The molecule has 1 aliphatic carbocycles. The largest absolute Gasteiger partial charge is 0.398 e. The minimum Gasteiger partial charge on any atom is -0.398 e. The number of allylic oxidation sites excluding steroid dienone is 1. The molecule has 3 N–H and O–H groups in total. The van der Waals surface area contributed by atoms with E-state index in [1.54, 1.807) is 0 Å². The van der Waals surface area contributed by atoms with Crippen LogP contribution in [0, 0.1) is 21.4 Å². The lowest BCUT2D eigenvalue weighted by atomic mass is 9.71. The minimum absolute atomic E-state index is 0.292. The van der Waals surface area contributed by atoms with Gasteiger partial charge in [0.2, 0.25) is 0 Å². The highest BCUT2D eigenvalue weighted by atomic mass is 32.1. The Morgan fingerprint density at radius 2 is 2.14 bits per heavy atom. The summed E-state index contributed by atoms with van der Waals surface area (Å²) in [5, 5.41) is 8.70. The molecule has 3 nitrogen and oxygen atoms in total. The van der Waals surface area contributed by atoms with Gasteiger partial charge in [-0.1, -0.05) is 46.8 Å². The summed E-state index contributed by atoms with van der Waals surface area (Å²) in [4.78, 5) is 3.31. The monoisotopic (exact) mass is 303 g/mol. The SMILES string of the molecule is CC.CC1CC(C)(C)Cc2[nH]c(=S)c(/C(N)=C/C#N)cc21. The summed E-state index contributed by atoms with van der Waals surface area (Å²) in [5.74, 6) is 0.472. The Balaban J connectivity index is 0.00000106. The molecule has 2 rings (SSSR count). The van der Waals surface area contributed by atoms with Gasteiger partial charge in [0, 0.05) is 17.3 Å². The molecule has 0 saturated heterocycles. The van der Waals surface area contributed by atoms with Gasteiger partial charge in [0.1, 0.15) is 4.64 Å². The predicted molar refractivity (Wildman–Crippen MR) is 91.3 cm³/mol. The van der Waals surface area contributed by atoms with E-state index in [4.69, 9.17) is 23.2 Å². The van der Waals surface area contributed by atoms with E-state index in [0.29, 0.717) is 21.7 Å². The molecule has 0 radical (unpaired) electrons. The number of H-pyrrole nitrogens is 1. The first-order valence-corrected chi connectivity index (χ1v) is 7.86. The second-order valence-electron chi connectivity index (χ2n) is 6.12. The van der Waals surface area contributed by atoms with Crippen molar-refractivity contribution in [1.29, 1.82) is 5.26 Å². The summed E-state index contributed by atoms with van der Waals surface area (Å²) in [6, 6.07) is 4.00. The van der Waals surface area contributed by atoms with Gasteiger partial charge in [-0.2, -0.15) is 5.26 Å². The third kappa shape index (κ3) is 3.95. The van der Waals surface area contributed by atoms with Crippen molar-refractivity contribution in [3.8, 4) is 6.07 Å². The maximum Gasteiger partial charge on any atom is 0.112 e. The molecule has 21 heavy (non-hydrogen) atoms. The fourth-order valence-corrected chi connectivity index (χ4v) is 3.32. The van der Waals surface area contributed by atoms with Crippen molar-refractivity contribution < 1.29 is 0 Å². The molecule has 0 saturated carbocycles. The maximum absolute atomic E-state index is 8.70. The van der Waals surface area contributed by atoms with Crippen LogP contribution in [-0.4, -0.2) is 4.98 Å². The number of nitrogens with one attached hydrogen (secondary N) is 1. The quantitative estimate of drug-likeness (QED) is 0.585. The zero-order chi connectivity index (χ0) is 16.2. The van der Waals surface area contributed by atoms with Crippen molar-refractivity contribution in [2.75, 3.05) is 0 Å². The number of aromatic nitrogens is 1. The number of hydrogen-bond donors (Lipinski definition) is 2. The van der Waals surface area contributed by atoms with Gasteiger partial charge in [0.15, 0.2) is 0 Å². The Morgan fingerprint density at radius 3 is 2.71 bits per heavy atom. The molecule has 114 valence electrons. The van der Waals surface area contributed by atoms with E-state index in [1.807, 2.05) is 19.9 Å². The van der Waals surface area contributed by atoms with Crippen molar-refractivity contribution in [1.82, 2.24) is 4.98 Å². The average Bonchev–Trinajstić information content (AvgIpc) is 2.39. The number of hydrogen-bond acceptors (Lipinski definition) is 3. The van der Waals surface area contributed by atoms with Crippen molar-refractivity contribution in [3.05, 3.63) is 33.6 Å². The van der Waals surface area contributed by atoms with Gasteiger partial charge < -0.3 is 10.7 Å². The lowest BCUT2D eigenvalue weighted by molar-refractivity contribution is 0.284. The number of aromatic amines is 1. The van der Waals surface area contributed by atoms with Crippen LogP contribution < -0.4 is 5.73 Å². The number of pyridine rings is 1. The van der Waals surface area contributed by atoms with Crippen LogP contribution in [0.3, 0.4) is 0 Å². The van der Waals surface area contributed by atoms with Gasteiger partial charge in [0.25, 0.3) is 0 Å². The van der Waals surface area contributed by atoms with Crippen LogP contribution in [-0.2, 0) is 6.42 Å². The van der Waals surface area contributed by atoms with E-state index < -0.39 is 0 Å². The summed E-state index contributed by atoms with van der Waals surface area (Å²) < 4.78 is 0.618. The highest BCUT2D eigenvalue weighted by molar-refractivity contribution is 7.71. The van der Waals surface area contributed by atoms with Crippen molar-refractivity contribution in [2.45, 2.75) is 53.4 Å². The molecular weight excluding hydrogens is 278 g/mol. The highest BCUT2D eigenvalue weighted by Gasteiger charge is 2.30. The van der Waals surface area contributed by atoms with Crippen LogP contribution in [0.4, 0.5) is 0 Å². The van der Waals surface area contributed by atoms with Crippen LogP contribution >= 0.6 is 12.2 Å². The van der Waals surface area contributed by atoms with E-state index in [9.17, 15) is 0 Å². The summed E-state index contributed by atoms with van der Waals surface area (Å²) in [7, 11) is 0. The van der Waals surface area contributed by atoms with Gasteiger partial charge in [0.05, 0.1) is 11.8 Å². The normalized spacial score (nSPS) is 19.8. The van der Waals surface area contributed by atoms with Crippen LogP contribution in [0.1, 0.15) is 63.8 Å². The van der Waals surface area contributed by atoms with Crippen molar-refractivity contribution in [3.63, 3.8) is 0 Å². The predicted octanol–water partition coefficient (Wildman–Crippen LogP) is 4.67. The van der Waals surface area contributed by atoms with Crippen molar-refractivity contribution in [2.24, 2.45) is 11.1 Å². The highest BCUT2D eigenvalue weighted by Crippen LogP contribution is 2.41. The van der Waals surface area contributed by atoms with E-state index in [0.717, 1.165) is 18.4 Å². The molecule has 0 fully saturated rings. The molecule has 0 aliphatic heterocycles. The number of nitriles is 1. The number of fused-ring (bicyclic) bond motifs is 1. The Morgan fingerprint density at radius 1 is 1.52 bits per heavy atom. The molecular formula is C17H25N3S. The molecule has 0 aromatic carbocycles. The fraction of sp³-hybridized carbons (Fsp3) is 0.529. The zero-order valence-electron chi connectivity index (χ0n) is 13.6. The molecule has 0 amide bonds. The first-order chi connectivity index (χ1) is 9.84. The first-order valence-electron chi connectivity index (χ1n) is 7.46. The fourth-order valence-electron chi connectivity index (χ4n) is 3.02. The van der Waals surface area contributed by atoms with Crippen molar-refractivity contribution >= 4 is 17.9 Å². The molecule has 1 aliphatic rings. The Labute approximate surface area is 132 Å². The third-order valence-electron chi connectivity index (χ3n) is 3.73. The Bertz CT molecular complexity index is 632. The maximum atomic E-state index is 8.70. The number of nitrogens with two attached hydrogens (primary N) is 1. The molecule has 1 aromatic rings. The van der Waals surface area contributed by atoms with E-state index >= 15 is 0 Å². The lowest BCUT2D eigenvalue weighted by Gasteiger charge is -2.35. The summed E-state index contributed by atoms with van der Waals surface area (Å²) in [6.07, 6.45) is 3.48. The molecule has 1 heterocycles.